The van der Waals surface area contributed by atoms with Crippen molar-refractivity contribution in [1.29, 1.82) is 0 Å². The van der Waals surface area contributed by atoms with Crippen LogP contribution in [0.2, 0.25) is 0 Å². The van der Waals surface area contributed by atoms with Crippen LogP contribution in [0.5, 0.6) is 0 Å². The van der Waals surface area contributed by atoms with E-state index < -0.39 is 0 Å². The Morgan fingerprint density at radius 2 is 2.10 bits per heavy atom. The zero-order chi connectivity index (χ0) is 14.4. The van der Waals surface area contributed by atoms with Gasteiger partial charge in [0.25, 0.3) is 0 Å². The van der Waals surface area contributed by atoms with Crippen LogP contribution < -0.4 is 5.32 Å². The predicted octanol–water partition coefficient (Wildman–Crippen LogP) is 4.24. The van der Waals surface area contributed by atoms with Crippen LogP contribution in [0.25, 0.3) is 0 Å². The number of hydrogen-bond acceptors (Lipinski definition) is 2. The summed E-state index contributed by atoms with van der Waals surface area (Å²) in [6, 6.07) is 10.5. The van der Waals surface area contributed by atoms with E-state index >= 15 is 0 Å². The molecule has 1 aliphatic carbocycles. The highest BCUT2D eigenvalue weighted by atomic mass is 15.2. The summed E-state index contributed by atoms with van der Waals surface area (Å²) in [6.45, 7) is 7.29. The van der Waals surface area contributed by atoms with E-state index in [4.69, 9.17) is 0 Å². The van der Waals surface area contributed by atoms with Gasteiger partial charge in [-0.2, -0.15) is 0 Å². The van der Waals surface area contributed by atoms with Crippen LogP contribution in [0.4, 0.5) is 5.69 Å². The molecule has 0 aromatic heterocycles. The number of piperidine rings is 1. The van der Waals surface area contributed by atoms with Crippen LogP contribution in [0, 0.1) is 5.41 Å². The first-order valence-electron chi connectivity index (χ1n) is 8.88. The Bertz CT molecular complexity index is 526. The number of rotatable bonds is 2. The molecule has 1 unspecified atom stereocenters. The van der Waals surface area contributed by atoms with E-state index in [0.29, 0.717) is 17.4 Å². The van der Waals surface area contributed by atoms with Crippen LogP contribution in [0.3, 0.4) is 0 Å². The Morgan fingerprint density at radius 3 is 2.90 bits per heavy atom. The van der Waals surface area contributed by atoms with E-state index in [1.54, 1.807) is 5.56 Å². The number of benzene rings is 1. The van der Waals surface area contributed by atoms with Crippen LogP contribution >= 0.6 is 0 Å². The van der Waals surface area contributed by atoms with Crippen LogP contribution in [0.15, 0.2) is 24.3 Å². The van der Waals surface area contributed by atoms with Gasteiger partial charge in [0.05, 0.1) is 0 Å². The summed E-state index contributed by atoms with van der Waals surface area (Å²) in [7, 11) is 0. The van der Waals surface area contributed by atoms with Gasteiger partial charge in [0.2, 0.25) is 0 Å². The molecule has 1 aromatic rings. The van der Waals surface area contributed by atoms with Crippen molar-refractivity contribution in [3.05, 3.63) is 29.8 Å². The van der Waals surface area contributed by atoms with E-state index in [0.717, 1.165) is 6.04 Å². The molecule has 0 radical (unpaired) electrons. The molecular weight excluding hydrogens is 256 g/mol. The van der Waals surface area contributed by atoms with Crippen molar-refractivity contribution in [2.45, 2.75) is 64.0 Å². The Labute approximate surface area is 128 Å². The van der Waals surface area contributed by atoms with Crippen LogP contribution in [-0.4, -0.2) is 30.1 Å². The molecule has 1 saturated carbocycles. The average molecular weight is 284 g/mol. The van der Waals surface area contributed by atoms with Gasteiger partial charge in [-0.05, 0) is 62.2 Å². The van der Waals surface area contributed by atoms with Crippen molar-refractivity contribution < 1.29 is 0 Å². The van der Waals surface area contributed by atoms with Gasteiger partial charge >= 0.3 is 0 Å². The average Bonchev–Trinajstić information content (AvgIpc) is 2.92. The highest BCUT2D eigenvalue weighted by Gasteiger charge is 2.54. The third-order valence-corrected chi connectivity index (χ3v) is 6.64. The number of likely N-dealkylation sites (N-methyl/N-ethyl adjacent to an activating group) is 1. The minimum Gasteiger partial charge on any atom is -0.381 e. The highest BCUT2D eigenvalue weighted by Crippen LogP contribution is 2.56. The van der Waals surface area contributed by atoms with E-state index in [2.05, 4.69) is 48.3 Å². The number of hydrogen-bond donors (Lipinski definition) is 1. The molecule has 3 aliphatic rings. The fourth-order valence-electron chi connectivity index (χ4n) is 5.62. The Morgan fingerprint density at radius 1 is 1.24 bits per heavy atom. The van der Waals surface area contributed by atoms with Crippen molar-refractivity contribution in [1.82, 2.24) is 4.90 Å². The molecule has 1 aromatic carbocycles. The first-order valence-corrected chi connectivity index (χ1v) is 8.88. The number of para-hydroxylation sites is 1. The first kappa shape index (κ1) is 13.6. The van der Waals surface area contributed by atoms with E-state index in [1.165, 1.54) is 50.9 Å². The zero-order valence-corrected chi connectivity index (χ0v) is 13.4. The first-order chi connectivity index (χ1) is 10.3. The fraction of sp³-hybridized carbons (Fsp3) is 0.684. The summed E-state index contributed by atoms with van der Waals surface area (Å²) in [5.74, 6) is 0.704. The fourth-order valence-corrected chi connectivity index (χ4v) is 5.62. The molecule has 0 amide bonds. The van der Waals surface area contributed by atoms with Crippen molar-refractivity contribution >= 4 is 5.69 Å². The topological polar surface area (TPSA) is 15.3 Å². The number of likely N-dealkylation sites (tertiary alicyclic amines) is 1. The Hall–Kier alpha value is -1.02. The van der Waals surface area contributed by atoms with Gasteiger partial charge in [0.15, 0.2) is 0 Å². The molecule has 21 heavy (non-hydrogen) atoms. The third-order valence-electron chi connectivity index (χ3n) is 6.64. The maximum atomic E-state index is 3.83. The molecule has 2 nitrogen and oxygen atoms in total. The standard InChI is InChI=1S/C19H28N2/c1-3-19-11-7-13-21(4-2)18(19)17-14-8-5-6-9-15(14)20-16(17)10-12-19/h5-6,8-9,16-18,20H,3-4,7,10-13H2,1-2H3/t16-,17?,18+,19-/m1/s1. The largest absolute Gasteiger partial charge is 0.381 e. The second-order valence-corrected chi connectivity index (χ2v) is 7.30. The molecule has 1 N–H and O–H groups in total. The number of nitrogens with one attached hydrogen (secondary N) is 1. The zero-order valence-electron chi connectivity index (χ0n) is 13.4. The Kier molecular flexibility index (Phi) is 3.25. The van der Waals surface area contributed by atoms with Crippen LogP contribution in [0.1, 0.15) is 57.4 Å². The molecule has 2 heterocycles. The van der Waals surface area contributed by atoms with Gasteiger partial charge in [-0.1, -0.05) is 32.0 Å². The van der Waals surface area contributed by atoms with E-state index in [1.807, 2.05) is 0 Å². The lowest BCUT2D eigenvalue weighted by Crippen LogP contribution is -2.59. The predicted molar refractivity (Wildman–Crippen MR) is 88.8 cm³/mol. The Balaban J connectivity index is 1.79. The lowest BCUT2D eigenvalue weighted by molar-refractivity contribution is -0.0341. The summed E-state index contributed by atoms with van der Waals surface area (Å²) >= 11 is 0. The second-order valence-electron chi connectivity index (χ2n) is 7.30. The maximum Gasteiger partial charge on any atom is 0.0379 e. The SMILES string of the molecule is CCN1CCC[C@]2(CC)CC[C@H]3Nc4ccccc4C3[C@H]12. The van der Waals surface area contributed by atoms with Gasteiger partial charge in [0.1, 0.15) is 0 Å². The summed E-state index contributed by atoms with van der Waals surface area (Å²) in [5.41, 5.74) is 3.56. The van der Waals surface area contributed by atoms with Gasteiger partial charge in [-0.3, -0.25) is 4.90 Å². The molecule has 4 atom stereocenters. The summed E-state index contributed by atoms with van der Waals surface area (Å²) in [5, 5.41) is 3.83. The number of anilines is 1. The summed E-state index contributed by atoms with van der Waals surface area (Å²) < 4.78 is 0. The number of nitrogens with zero attached hydrogens (tertiary/aromatic N) is 1. The minimum atomic E-state index is 0.564. The van der Waals surface area contributed by atoms with Crippen molar-refractivity contribution in [2.24, 2.45) is 5.41 Å². The van der Waals surface area contributed by atoms with Gasteiger partial charge in [0, 0.05) is 23.7 Å². The monoisotopic (exact) mass is 284 g/mol. The van der Waals surface area contributed by atoms with Gasteiger partial charge < -0.3 is 5.32 Å². The molecule has 0 spiro atoms. The molecule has 0 bridgehead atoms. The molecular formula is C19H28N2. The minimum absolute atomic E-state index is 0.564. The summed E-state index contributed by atoms with van der Waals surface area (Å²) in [6.07, 6.45) is 6.94. The van der Waals surface area contributed by atoms with Crippen molar-refractivity contribution in [2.75, 3.05) is 18.4 Å². The quantitative estimate of drug-likeness (QED) is 0.874. The molecule has 2 heteroatoms. The molecule has 1 saturated heterocycles. The van der Waals surface area contributed by atoms with Crippen molar-refractivity contribution in [3.63, 3.8) is 0 Å². The summed E-state index contributed by atoms with van der Waals surface area (Å²) in [4.78, 5) is 2.80. The third kappa shape index (κ3) is 1.88. The van der Waals surface area contributed by atoms with Gasteiger partial charge in [-0.25, -0.2) is 0 Å². The highest BCUT2D eigenvalue weighted by molar-refractivity contribution is 5.60. The molecule has 2 fully saturated rings. The maximum absolute atomic E-state index is 3.83. The molecule has 114 valence electrons. The van der Waals surface area contributed by atoms with E-state index in [-0.39, 0.29) is 0 Å². The van der Waals surface area contributed by atoms with E-state index in [9.17, 15) is 0 Å². The van der Waals surface area contributed by atoms with Crippen LogP contribution in [-0.2, 0) is 0 Å². The lowest BCUT2D eigenvalue weighted by atomic mass is 9.58. The lowest BCUT2D eigenvalue weighted by Gasteiger charge is -2.56. The number of fused-ring (bicyclic) bond motifs is 5. The molecule has 4 rings (SSSR count). The van der Waals surface area contributed by atoms with Gasteiger partial charge in [-0.15, -0.1) is 0 Å². The smallest absolute Gasteiger partial charge is 0.0379 e. The molecule has 2 aliphatic heterocycles. The van der Waals surface area contributed by atoms with Crippen molar-refractivity contribution in [3.8, 4) is 0 Å². The normalized spacial score (nSPS) is 38.3. The second kappa shape index (κ2) is 5.01.